The molecule has 28 heavy (non-hydrogen) atoms. The molecule has 0 spiro atoms. The lowest BCUT2D eigenvalue weighted by molar-refractivity contribution is -0.116. The van der Waals surface area contributed by atoms with Gasteiger partial charge in [0.15, 0.2) is 0 Å². The number of hydrogen-bond acceptors (Lipinski definition) is 4. The van der Waals surface area contributed by atoms with Gasteiger partial charge in [0, 0.05) is 13.0 Å². The average molecular weight is 405 g/mol. The summed E-state index contributed by atoms with van der Waals surface area (Å²) in [5, 5.41) is 2.85. The molecule has 0 unspecified atom stereocenters. The van der Waals surface area contributed by atoms with E-state index in [0.717, 1.165) is 5.56 Å². The van der Waals surface area contributed by atoms with Crippen LogP contribution in [-0.4, -0.2) is 33.2 Å². The number of nitrogens with one attached hydrogen (secondary N) is 1. The van der Waals surface area contributed by atoms with Crippen molar-refractivity contribution < 1.29 is 17.9 Å². The number of aryl methyl sites for hydroxylation is 1. The summed E-state index contributed by atoms with van der Waals surface area (Å²) in [6.07, 6.45) is 1.78. The molecule has 0 fully saturated rings. The van der Waals surface area contributed by atoms with Gasteiger partial charge in [-0.1, -0.05) is 24.3 Å². The van der Waals surface area contributed by atoms with E-state index >= 15 is 0 Å². The van der Waals surface area contributed by atoms with Gasteiger partial charge in [0.05, 0.1) is 23.7 Å². The van der Waals surface area contributed by atoms with Gasteiger partial charge < -0.3 is 10.1 Å². The minimum atomic E-state index is -3.43. The Morgan fingerprint density at radius 2 is 1.86 bits per heavy atom. The Hall–Kier alpha value is -2.54. The molecule has 2 aromatic carbocycles. The average Bonchev–Trinajstić information content (AvgIpc) is 2.59. The lowest BCUT2D eigenvalue weighted by atomic mass is 10.2. The second kappa shape index (κ2) is 9.59. The Morgan fingerprint density at radius 1 is 1.14 bits per heavy atom. The first-order chi connectivity index (χ1) is 13.2. The molecule has 0 saturated carbocycles. The maximum atomic E-state index is 12.3. The standard InChI is InChI=1S/C21H28N2O4S/c1-16(2)27-20-12-6-5-11-19(20)22-21(24)13-8-14-23(28(4,25)26)18-10-7-9-17(3)15-18/h5-7,9-12,15-16H,8,13-14H2,1-4H3,(H,22,24). The Labute approximate surface area is 167 Å². The fourth-order valence-electron chi connectivity index (χ4n) is 2.79. The van der Waals surface area contributed by atoms with Gasteiger partial charge in [-0.05, 0) is 57.0 Å². The summed E-state index contributed by atoms with van der Waals surface area (Å²) in [5.41, 5.74) is 2.20. The molecule has 0 aliphatic heterocycles. The molecule has 0 heterocycles. The first kappa shape index (κ1) is 21.8. The third-order valence-electron chi connectivity index (χ3n) is 3.98. The van der Waals surface area contributed by atoms with E-state index in [1.807, 2.05) is 51.1 Å². The van der Waals surface area contributed by atoms with Crippen molar-refractivity contribution in [2.75, 3.05) is 22.4 Å². The summed E-state index contributed by atoms with van der Waals surface area (Å²) in [7, 11) is -3.43. The Balaban J connectivity index is 1.99. The molecule has 0 radical (unpaired) electrons. The number of para-hydroxylation sites is 2. The van der Waals surface area contributed by atoms with Gasteiger partial charge in [0.1, 0.15) is 5.75 Å². The van der Waals surface area contributed by atoms with Crippen LogP contribution in [0.5, 0.6) is 5.75 Å². The van der Waals surface area contributed by atoms with Crippen LogP contribution in [0.2, 0.25) is 0 Å². The van der Waals surface area contributed by atoms with Crippen molar-refractivity contribution in [1.29, 1.82) is 0 Å². The molecule has 0 aliphatic rings. The molecule has 0 bridgehead atoms. The Bertz CT molecular complexity index is 910. The smallest absolute Gasteiger partial charge is 0.232 e. The summed E-state index contributed by atoms with van der Waals surface area (Å²) in [5.74, 6) is 0.431. The van der Waals surface area contributed by atoms with Gasteiger partial charge in [-0.2, -0.15) is 0 Å². The topological polar surface area (TPSA) is 75.7 Å². The molecule has 2 rings (SSSR count). The lowest BCUT2D eigenvalue weighted by Gasteiger charge is -2.22. The summed E-state index contributed by atoms with van der Waals surface area (Å²) >= 11 is 0. The highest BCUT2D eigenvalue weighted by Crippen LogP contribution is 2.25. The monoisotopic (exact) mass is 404 g/mol. The number of benzene rings is 2. The van der Waals surface area contributed by atoms with Crippen LogP contribution < -0.4 is 14.4 Å². The van der Waals surface area contributed by atoms with Gasteiger partial charge >= 0.3 is 0 Å². The van der Waals surface area contributed by atoms with Crippen molar-refractivity contribution in [3.05, 3.63) is 54.1 Å². The van der Waals surface area contributed by atoms with E-state index < -0.39 is 10.0 Å². The van der Waals surface area contributed by atoms with Crippen molar-refractivity contribution >= 4 is 27.3 Å². The first-order valence-corrected chi connectivity index (χ1v) is 11.1. The number of nitrogens with zero attached hydrogens (tertiary/aromatic N) is 1. The zero-order valence-electron chi connectivity index (χ0n) is 16.8. The van der Waals surface area contributed by atoms with Crippen molar-refractivity contribution in [1.82, 2.24) is 0 Å². The quantitative estimate of drug-likeness (QED) is 0.686. The second-order valence-corrected chi connectivity index (χ2v) is 8.90. The highest BCUT2D eigenvalue weighted by atomic mass is 32.2. The highest BCUT2D eigenvalue weighted by molar-refractivity contribution is 7.92. The van der Waals surface area contributed by atoms with Gasteiger partial charge in [-0.15, -0.1) is 0 Å². The van der Waals surface area contributed by atoms with E-state index in [1.54, 1.807) is 18.2 Å². The number of ether oxygens (including phenoxy) is 1. The zero-order chi connectivity index (χ0) is 20.7. The molecule has 1 amide bonds. The second-order valence-electron chi connectivity index (χ2n) is 6.99. The van der Waals surface area contributed by atoms with Gasteiger partial charge in [-0.3, -0.25) is 9.10 Å². The highest BCUT2D eigenvalue weighted by Gasteiger charge is 2.18. The van der Waals surface area contributed by atoms with Crippen LogP contribution in [-0.2, 0) is 14.8 Å². The predicted octanol–water partition coefficient (Wildman–Crippen LogP) is 3.97. The third-order valence-corrected chi connectivity index (χ3v) is 5.17. The number of rotatable bonds is 9. The zero-order valence-corrected chi connectivity index (χ0v) is 17.6. The van der Waals surface area contributed by atoms with Crippen molar-refractivity contribution in [3.63, 3.8) is 0 Å². The molecule has 2 aromatic rings. The van der Waals surface area contributed by atoms with E-state index in [0.29, 0.717) is 23.5 Å². The van der Waals surface area contributed by atoms with Gasteiger partial charge in [0.2, 0.25) is 15.9 Å². The molecule has 0 aliphatic carbocycles. The number of amides is 1. The van der Waals surface area contributed by atoms with Crippen LogP contribution in [0.15, 0.2) is 48.5 Å². The molecule has 0 aromatic heterocycles. The van der Waals surface area contributed by atoms with E-state index in [9.17, 15) is 13.2 Å². The SMILES string of the molecule is Cc1cccc(N(CCCC(=O)Nc2ccccc2OC(C)C)S(C)(=O)=O)c1. The molecule has 152 valence electrons. The molecular weight excluding hydrogens is 376 g/mol. The fraction of sp³-hybridized carbons (Fsp3) is 0.381. The maximum Gasteiger partial charge on any atom is 0.232 e. The summed E-state index contributed by atoms with van der Waals surface area (Å²) < 4.78 is 31.4. The van der Waals surface area contributed by atoms with Crippen molar-refractivity contribution in [3.8, 4) is 5.75 Å². The van der Waals surface area contributed by atoms with Gasteiger partial charge in [0.25, 0.3) is 0 Å². The van der Waals surface area contributed by atoms with E-state index in [4.69, 9.17) is 4.74 Å². The number of anilines is 2. The molecule has 6 nitrogen and oxygen atoms in total. The molecule has 1 N–H and O–H groups in total. The normalized spacial score (nSPS) is 11.3. The molecular formula is C21H28N2O4S. The number of carbonyl (C=O) groups is 1. The largest absolute Gasteiger partial charge is 0.489 e. The molecule has 0 saturated heterocycles. The predicted molar refractivity (Wildman–Crippen MR) is 113 cm³/mol. The minimum absolute atomic E-state index is 0.00398. The summed E-state index contributed by atoms with van der Waals surface area (Å²) in [4.78, 5) is 12.3. The first-order valence-electron chi connectivity index (χ1n) is 9.26. The van der Waals surface area contributed by atoms with E-state index in [2.05, 4.69) is 5.32 Å². The number of carbonyl (C=O) groups excluding carboxylic acids is 1. The summed E-state index contributed by atoms with van der Waals surface area (Å²) in [6, 6.07) is 14.6. The minimum Gasteiger partial charge on any atom is -0.489 e. The Morgan fingerprint density at radius 3 is 2.50 bits per heavy atom. The van der Waals surface area contributed by atoms with Crippen LogP contribution in [0.3, 0.4) is 0 Å². The Kier molecular flexibility index (Phi) is 7.45. The lowest BCUT2D eigenvalue weighted by Crippen LogP contribution is -2.31. The van der Waals surface area contributed by atoms with Crippen LogP contribution >= 0.6 is 0 Å². The summed E-state index contributed by atoms with van der Waals surface area (Å²) in [6.45, 7) is 5.99. The maximum absolute atomic E-state index is 12.3. The van der Waals surface area contributed by atoms with E-state index in [-0.39, 0.29) is 25.0 Å². The van der Waals surface area contributed by atoms with Crippen molar-refractivity contribution in [2.24, 2.45) is 0 Å². The number of hydrogen-bond donors (Lipinski definition) is 1. The van der Waals surface area contributed by atoms with Crippen LogP contribution in [0.25, 0.3) is 0 Å². The van der Waals surface area contributed by atoms with Crippen LogP contribution in [0.1, 0.15) is 32.3 Å². The molecule has 7 heteroatoms. The van der Waals surface area contributed by atoms with Crippen LogP contribution in [0, 0.1) is 6.92 Å². The third kappa shape index (κ3) is 6.56. The fourth-order valence-corrected chi connectivity index (χ4v) is 3.75. The molecule has 0 atom stereocenters. The number of sulfonamides is 1. The van der Waals surface area contributed by atoms with Crippen LogP contribution in [0.4, 0.5) is 11.4 Å². The van der Waals surface area contributed by atoms with E-state index in [1.165, 1.54) is 10.6 Å². The van der Waals surface area contributed by atoms with Gasteiger partial charge in [-0.25, -0.2) is 8.42 Å². The van der Waals surface area contributed by atoms with Crippen molar-refractivity contribution in [2.45, 2.75) is 39.7 Å².